The number of carbonyl (C=O) groups excluding carboxylic acids is 2. The highest BCUT2D eigenvalue weighted by atomic mass is 32.2. The van der Waals surface area contributed by atoms with E-state index in [2.05, 4.69) is 0 Å². The van der Waals surface area contributed by atoms with Crippen LogP contribution in [-0.4, -0.2) is 25.0 Å². The van der Waals surface area contributed by atoms with Crippen molar-refractivity contribution in [2.24, 2.45) is 0 Å². The maximum Gasteiger partial charge on any atom is 0.273 e. The van der Waals surface area contributed by atoms with E-state index < -0.39 is 0 Å². The minimum Gasteiger partial charge on any atom is -0.495 e. The molecule has 2 amide bonds. The molecule has 1 aliphatic rings. The second-order valence-electron chi connectivity index (χ2n) is 7.43. The lowest BCUT2D eigenvalue weighted by Gasteiger charge is -2.18. The molecule has 0 radical (unpaired) electrons. The zero-order chi connectivity index (χ0) is 22.7. The predicted molar refractivity (Wildman–Crippen MR) is 127 cm³/mol. The molecule has 0 saturated carbocycles. The summed E-state index contributed by atoms with van der Waals surface area (Å²) in [5.74, 6) is 0.418. The molecule has 0 saturated heterocycles. The minimum atomic E-state index is -0.379. The number of anilines is 1. The Morgan fingerprint density at radius 1 is 0.812 bits per heavy atom. The molecule has 3 aromatic rings. The number of hydrogen-bond acceptors (Lipinski definition) is 5. The van der Waals surface area contributed by atoms with Crippen LogP contribution in [0, 0.1) is 0 Å². The fraction of sp³-hybridized carbons (Fsp3) is 0.154. The van der Waals surface area contributed by atoms with Crippen LogP contribution in [0.25, 0.3) is 5.57 Å². The Morgan fingerprint density at radius 2 is 1.47 bits per heavy atom. The van der Waals surface area contributed by atoms with Gasteiger partial charge in [0.15, 0.2) is 0 Å². The molecule has 0 bridgehead atoms. The molecule has 0 atom stereocenters. The van der Waals surface area contributed by atoms with Crippen molar-refractivity contribution in [3.63, 3.8) is 0 Å². The van der Waals surface area contributed by atoms with Gasteiger partial charge in [-0.2, -0.15) is 0 Å². The summed E-state index contributed by atoms with van der Waals surface area (Å²) >= 11 is 1.29. The highest BCUT2D eigenvalue weighted by Crippen LogP contribution is 2.43. The smallest absolute Gasteiger partial charge is 0.273 e. The number of nitrogens with zero attached hydrogens (tertiary/aromatic N) is 1. The number of para-hydroxylation sites is 2. The van der Waals surface area contributed by atoms with E-state index in [1.807, 2.05) is 68.4 Å². The number of carbonyl (C=O) groups is 2. The molecule has 32 heavy (non-hydrogen) atoms. The monoisotopic (exact) mass is 445 g/mol. The second kappa shape index (κ2) is 9.32. The Labute approximate surface area is 191 Å². The van der Waals surface area contributed by atoms with Crippen molar-refractivity contribution in [1.82, 2.24) is 0 Å². The van der Waals surface area contributed by atoms with Crippen molar-refractivity contribution >= 4 is 34.8 Å². The molecule has 1 heterocycles. The molecular formula is C26H23NO4S. The van der Waals surface area contributed by atoms with Gasteiger partial charge < -0.3 is 9.47 Å². The molecule has 4 rings (SSSR count). The van der Waals surface area contributed by atoms with Crippen molar-refractivity contribution in [3.8, 4) is 11.5 Å². The molecule has 0 N–H and O–H groups in total. The van der Waals surface area contributed by atoms with Gasteiger partial charge in [-0.1, -0.05) is 54.2 Å². The van der Waals surface area contributed by atoms with E-state index in [-0.39, 0.29) is 17.9 Å². The van der Waals surface area contributed by atoms with E-state index in [1.54, 1.807) is 24.3 Å². The first-order valence-electron chi connectivity index (χ1n) is 10.3. The minimum absolute atomic E-state index is 0.0417. The Morgan fingerprint density at radius 3 is 2.12 bits per heavy atom. The Balaban J connectivity index is 1.79. The Bertz CT molecular complexity index is 1170. The summed E-state index contributed by atoms with van der Waals surface area (Å²) in [4.78, 5) is 29.6. The maximum atomic E-state index is 13.6. The standard InChI is InChI=1S/C26H23NO4S/c1-17(2)31-19-15-13-18(14-16-19)23-24(32-20-9-5-4-6-10-20)26(29)27(25(23)28)21-11-7-8-12-22(21)30-3/h4-17H,1-3H3. The molecule has 0 aliphatic carbocycles. The van der Waals surface area contributed by atoms with Crippen LogP contribution in [0.15, 0.2) is 88.7 Å². The Kier molecular flexibility index (Phi) is 6.32. The SMILES string of the molecule is COc1ccccc1N1C(=O)C(Sc2ccccc2)=C(c2ccc(OC(C)C)cc2)C1=O. The summed E-state index contributed by atoms with van der Waals surface area (Å²) in [5, 5.41) is 0. The molecule has 162 valence electrons. The summed E-state index contributed by atoms with van der Waals surface area (Å²) in [7, 11) is 1.52. The highest BCUT2D eigenvalue weighted by molar-refractivity contribution is 8.04. The van der Waals surface area contributed by atoms with Gasteiger partial charge in [0.2, 0.25) is 0 Å². The van der Waals surface area contributed by atoms with Crippen LogP contribution in [0.2, 0.25) is 0 Å². The lowest BCUT2D eigenvalue weighted by Crippen LogP contribution is -2.31. The van der Waals surface area contributed by atoms with Crippen LogP contribution in [0.1, 0.15) is 19.4 Å². The quantitative estimate of drug-likeness (QED) is 0.446. The van der Waals surface area contributed by atoms with E-state index in [9.17, 15) is 9.59 Å². The molecule has 0 aromatic heterocycles. The first-order valence-corrected chi connectivity index (χ1v) is 11.1. The topological polar surface area (TPSA) is 55.8 Å². The number of rotatable bonds is 7. The lowest BCUT2D eigenvalue weighted by atomic mass is 10.1. The van der Waals surface area contributed by atoms with Crippen LogP contribution >= 0.6 is 11.8 Å². The van der Waals surface area contributed by atoms with Crippen molar-refractivity contribution in [2.75, 3.05) is 12.0 Å². The average Bonchev–Trinajstić information content (AvgIpc) is 3.04. The van der Waals surface area contributed by atoms with E-state index in [1.165, 1.54) is 23.8 Å². The number of hydrogen-bond donors (Lipinski definition) is 0. The van der Waals surface area contributed by atoms with Gasteiger partial charge in [0, 0.05) is 4.90 Å². The van der Waals surface area contributed by atoms with Crippen LogP contribution in [0.3, 0.4) is 0 Å². The molecule has 0 unspecified atom stereocenters. The summed E-state index contributed by atoms with van der Waals surface area (Å²) in [6.07, 6.45) is 0.0417. The summed E-state index contributed by atoms with van der Waals surface area (Å²) in [5.41, 5.74) is 1.45. The maximum absolute atomic E-state index is 13.6. The Hall–Kier alpha value is -3.51. The fourth-order valence-electron chi connectivity index (χ4n) is 3.47. The van der Waals surface area contributed by atoms with Gasteiger partial charge in [0.05, 0.1) is 29.4 Å². The van der Waals surface area contributed by atoms with Gasteiger partial charge in [-0.15, -0.1) is 0 Å². The number of imide groups is 1. The van der Waals surface area contributed by atoms with Crippen molar-refractivity contribution in [1.29, 1.82) is 0 Å². The third-order valence-electron chi connectivity index (χ3n) is 4.85. The third-order valence-corrected chi connectivity index (χ3v) is 5.94. The predicted octanol–water partition coefficient (Wildman–Crippen LogP) is 5.56. The lowest BCUT2D eigenvalue weighted by molar-refractivity contribution is -0.119. The van der Waals surface area contributed by atoms with Crippen molar-refractivity contribution < 1.29 is 19.1 Å². The fourth-order valence-corrected chi connectivity index (χ4v) is 4.49. The van der Waals surface area contributed by atoms with Gasteiger partial charge in [-0.3, -0.25) is 9.59 Å². The van der Waals surface area contributed by atoms with Crippen molar-refractivity contribution in [3.05, 3.63) is 89.3 Å². The van der Waals surface area contributed by atoms with E-state index in [4.69, 9.17) is 9.47 Å². The molecule has 0 spiro atoms. The highest BCUT2D eigenvalue weighted by Gasteiger charge is 2.41. The van der Waals surface area contributed by atoms with E-state index in [0.29, 0.717) is 33.2 Å². The number of thioether (sulfide) groups is 1. The molecule has 0 fully saturated rings. The number of amides is 2. The van der Waals surface area contributed by atoms with Crippen LogP contribution in [-0.2, 0) is 9.59 Å². The van der Waals surface area contributed by atoms with E-state index >= 15 is 0 Å². The summed E-state index contributed by atoms with van der Waals surface area (Å²) in [6, 6.07) is 23.8. The molecule has 1 aliphatic heterocycles. The zero-order valence-corrected chi connectivity index (χ0v) is 18.9. The molecule has 6 heteroatoms. The largest absolute Gasteiger partial charge is 0.495 e. The van der Waals surface area contributed by atoms with Gasteiger partial charge in [-0.05, 0) is 55.8 Å². The average molecular weight is 446 g/mol. The van der Waals surface area contributed by atoms with Crippen LogP contribution in [0.4, 0.5) is 5.69 Å². The first kappa shape index (κ1) is 21.7. The van der Waals surface area contributed by atoms with E-state index in [0.717, 1.165) is 4.90 Å². The van der Waals surface area contributed by atoms with Gasteiger partial charge in [0.25, 0.3) is 11.8 Å². The van der Waals surface area contributed by atoms with Gasteiger partial charge in [0.1, 0.15) is 11.5 Å². The van der Waals surface area contributed by atoms with Crippen LogP contribution in [0.5, 0.6) is 11.5 Å². The zero-order valence-electron chi connectivity index (χ0n) is 18.1. The first-order chi connectivity index (χ1) is 15.5. The molecule has 3 aromatic carbocycles. The third kappa shape index (κ3) is 4.27. The van der Waals surface area contributed by atoms with Gasteiger partial charge in [-0.25, -0.2) is 4.90 Å². The normalized spacial score (nSPS) is 13.8. The number of ether oxygens (including phenoxy) is 2. The number of methoxy groups -OCH3 is 1. The number of benzene rings is 3. The molecular weight excluding hydrogens is 422 g/mol. The summed E-state index contributed by atoms with van der Waals surface area (Å²) in [6.45, 7) is 3.91. The van der Waals surface area contributed by atoms with Gasteiger partial charge >= 0.3 is 0 Å². The summed E-state index contributed by atoms with van der Waals surface area (Å²) < 4.78 is 11.1. The second-order valence-corrected chi connectivity index (χ2v) is 8.51. The molecule has 5 nitrogen and oxygen atoms in total. The van der Waals surface area contributed by atoms with Crippen molar-refractivity contribution in [2.45, 2.75) is 24.8 Å². The van der Waals surface area contributed by atoms with Crippen LogP contribution < -0.4 is 14.4 Å².